The fourth-order valence-corrected chi connectivity index (χ4v) is 2.34. The molecule has 0 aliphatic heterocycles. The van der Waals surface area contributed by atoms with Gasteiger partial charge in [-0.05, 0) is 40.2 Å². The highest BCUT2D eigenvalue weighted by Crippen LogP contribution is 2.25. The van der Waals surface area contributed by atoms with Crippen LogP contribution in [0.3, 0.4) is 0 Å². The average Bonchev–Trinajstić information content (AvgIpc) is 3.23. The zero-order valence-electron chi connectivity index (χ0n) is 11.9. The van der Waals surface area contributed by atoms with E-state index in [2.05, 4.69) is 41.4 Å². The number of hydrogen-bond acceptors (Lipinski definition) is 7. The van der Waals surface area contributed by atoms with Crippen molar-refractivity contribution in [3.05, 3.63) is 53.0 Å². The Bertz CT molecular complexity index is 1040. The lowest BCUT2D eigenvalue weighted by Gasteiger charge is -2.01. The van der Waals surface area contributed by atoms with Crippen LogP contribution in [-0.4, -0.2) is 26.1 Å². The molecule has 3 aromatic heterocycles. The minimum absolute atomic E-state index is 0.0579. The highest BCUT2D eigenvalue weighted by Gasteiger charge is 2.16. The van der Waals surface area contributed by atoms with Crippen LogP contribution in [0.2, 0.25) is 0 Å². The molecular formula is C15H8BrN5O3. The van der Waals surface area contributed by atoms with Gasteiger partial charge in [0, 0.05) is 0 Å². The van der Waals surface area contributed by atoms with Crippen LogP contribution < -0.4 is 5.32 Å². The molecular weight excluding hydrogens is 378 g/mol. The van der Waals surface area contributed by atoms with Crippen molar-refractivity contribution >= 4 is 38.9 Å². The number of fused-ring (bicyclic) bond motifs is 1. The van der Waals surface area contributed by atoms with E-state index in [1.165, 1.54) is 6.20 Å². The van der Waals surface area contributed by atoms with Crippen molar-refractivity contribution in [1.29, 1.82) is 0 Å². The Hall–Kier alpha value is -3.07. The van der Waals surface area contributed by atoms with E-state index in [9.17, 15) is 4.79 Å². The fourth-order valence-electron chi connectivity index (χ4n) is 2.03. The smallest absolute Gasteiger partial charge is 0.322 e. The number of furan rings is 1. The molecule has 4 rings (SSSR count). The van der Waals surface area contributed by atoms with Gasteiger partial charge in [-0.2, -0.15) is 0 Å². The predicted octanol–water partition coefficient (Wildman–Crippen LogP) is 3.29. The fraction of sp³-hybridized carbons (Fsp3) is 0. The van der Waals surface area contributed by atoms with Crippen molar-refractivity contribution in [3.8, 4) is 11.7 Å². The van der Waals surface area contributed by atoms with E-state index < -0.39 is 5.91 Å². The monoisotopic (exact) mass is 385 g/mol. The van der Waals surface area contributed by atoms with Crippen molar-refractivity contribution in [2.45, 2.75) is 0 Å². The minimum Gasteiger partial charge on any atom is -0.444 e. The summed E-state index contributed by atoms with van der Waals surface area (Å²) in [5.41, 5.74) is 1.48. The van der Waals surface area contributed by atoms with Crippen LogP contribution in [0, 0.1) is 0 Å². The zero-order valence-corrected chi connectivity index (χ0v) is 13.5. The Balaban J connectivity index is 1.56. The Kier molecular flexibility index (Phi) is 3.54. The number of anilines is 1. The van der Waals surface area contributed by atoms with E-state index in [4.69, 9.17) is 8.83 Å². The lowest BCUT2D eigenvalue weighted by Crippen LogP contribution is -2.14. The van der Waals surface area contributed by atoms with Crippen LogP contribution in [0.15, 0.2) is 56.1 Å². The molecule has 0 radical (unpaired) electrons. The van der Waals surface area contributed by atoms with E-state index >= 15 is 0 Å². The van der Waals surface area contributed by atoms with E-state index in [0.29, 0.717) is 21.5 Å². The molecule has 0 spiro atoms. The first-order valence-electron chi connectivity index (χ1n) is 6.81. The number of amides is 1. The van der Waals surface area contributed by atoms with E-state index in [1.54, 1.807) is 18.2 Å². The van der Waals surface area contributed by atoms with Gasteiger partial charge < -0.3 is 8.83 Å². The Morgan fingerprint density at radius 1 is 1.04 bits per heavy atom. The van der Waals surface area contributed by atoms with Gasteiger partial charge in [-0.3, -0.25) is 15.1 Å². The SMILES string of the molecule is O=C(Nc1nnc(-c2ccc(Br)o2)o1)c1cnc2ccccc2n1. The molecule has 3 heterocycles. The molecule has 0 saturated heterocycles. The van der Waals surface area contributed by atoms with Crippen LogP contribution in [0.25, 0.3) is 22.7 Å². The number of carbonyl (C=O) groups is 1. The Labute approximate surface area is 143 Å². The van der Waals surface area contributed by atoms with Gasteiger partial charge in [-0.25, -0.2) is 4.98 Å². The second kappa shape index (κ2) is 5.85. The minimum atomic E-state index is -0.496. The molecule has 9 heteroatoms. The van der Waals surface area contributed by atoms with Gasteiger partial charge in [-0.1, -0.05) is 17.2 Å². The Morgan fingerprint density at radius 2 is 1.88 bits per heavy atom. The van der Waals surface area contributed by atoms with Crippen molar-refractivity contribution < 1.29 is 13.6 Å². The van der Waals surface area contributed by atoms with Crippen LogP contribution in [0.4, 0.5) is 6.01 Å². The molecule has 0 fully saturated rings. The summed E-state index contributed by atoms with van der Waals surface area (Å²) in [6.45, 7) is 0. The molecule has 4 aromatic rings. The van der Waals surface area contributed by atoms with Gasteiger partial charge in [0.15, 0.2) is 10.4 Å². The number of carbonyl (C=O) groups excluding carboxylic acids is 1. The molecule has 0 saturated carbocycles. The second-order valence-electron chi connectivity index (χ2n) is 4.71. The number of nitrogens with one attached hydrogen (secondary N) is 1. The summed E-state index contributed by atoms with van der Waals surface area (Å²) in [6.07, 6.45) is 1.39. The first-order valence-corrected chi connectivity index (χ1v) is 7.61. The maximum absolute atomic E-state index is 12.2. The van der Waals surface area contributed by atoms with Crippen molar-refractivity contribution in [3.63, 3.8) is 0 Å². The molecule has 0 aliphatic carbocycles. The number of hydrogen-bond donors (Lipinski definition) is 1. The normalized spacial score (nSPS) is 10.9. The van der Waals surface area contributed by atoms with Crippen LogP contribution >= 0.6 is 15.9 Å². The highest BCUT2D eigenvalue weighted by atomic mass is 79.9. The molecule has 8 nitrogen and oxygen atoms in total. The maximum Gasteiger partial charge on any atom is 0.322 e. The number of para-hydroxylation sites is 2. The largest absolute Gasteiger partial charge is 0.444 e. The average molecular weight is 386 g/mol. The highest BCUT2D eigenvalue weighted by molar-refractivity contribution is 9.10. The molecule has 118 valence electrons. The molecule has 0 atom stereocenters. The molecule has 0 unspecified atom stereocenters. The van der Waals surface area contributed by atoms with Crippen molar-refractivity contribution in [2.75, 3.05) is 5.32 Å². The van der Waals surface area contributed by atoms with Crippen LogP contribution in [0.1, 0.15) is 10.5 Å². The van der Waals surface area contributed by atoms with E-state index in [1.807, 2.05) is 18.2 Å². The number of rotatable bonds is 3. The first kappa shape index (κ1) is 14.5. The standard InChI is InChI=1S/C15H8BrN5O3/c16-12-6-5-11(23-12)14-20-21-15(24-14)19-13(22)10-7-17-8-3-1-2-4-9(8)18-10/h1-7H,(H,19,21,22). The van der Waals surface area contributed by atoms with Gasteiger partial charge in [0.2, 0.25) is 0 Å². The van der Waals surface area contributed by atoms with E-state index in [0.717, 1.165) is 0 Å². The molecule has 1 aromatic carbocycles. The third kappa shape index (κ3) is 2.76. The molecule has 0 bridgehead atoms. The van der Waals surface area contributed by atoms with Crippen LogP contribution in [-0.2, 0) is 0 Å². The second-order valence-corrected chi connectivity index (χ2v) is 5.50. The summed E-state index contributed by atoms with van der Waals surface area (Å²) in [5, 5.41) is 10.1. The van der Waals surface area contributed by atoms with Gasteiger partial charge in [-0.15, -0.1) is 5.10 Å². The lowest BCUT2D eigenvalue weighted by atomic mass is 10.3. The number of nitrogens with zero attached hydrogens (tertiary/aromatic N) is 4. The van der Waals surface area contributed by atoms with Crippen molar-refractivity contribution in [1.82, 2.24) is 20.2 Å². The summed E-state index contributed by atoms with van der Waals surface area (Å²) >= 11 is 3.19. The third-order valence-electron chi connectivity index (χ3n) is 3.11. The lowest BCUT2D eigenvalue weighted by molar-refractivity contribution is 0.101. The third-order valence-corrected chi connectivity index (χ3v) is 3.54. The molecule has 0 aliphatic rings. The van der Waals surface area contributed by atoms with Gasteiger partial charge >= 0.3 is 6.01 Å². The molecule has 1 N–H and O–H groups in total. The maximum atomic E-state index is 12.2. The summed E-state index contributed by atoms with van der Waals surface area (Å²) in [5.74, 6) is 0.0463. The van der Waals surface area contributed by atoms with Crippen LogP contribution in [0.5, 0.6) is 0 Å². The Morgan fingerprint density at radius 3 is 2.67 bits per heavy atom. The first-order chi connectivity index (χ1) is 11.7. The van der Waals surface area contributed by atoms with Gasteiger partial charge in [0.1, 0.15) is 5.69 Å². The predicted molar refractivity (Wildman–Crippen MR) is 87.2 cm³/mol. The summed E-state index contributed by atoms with van der Waals surface area (Å²) in [7, 11) is 0. The molecule has 1 amide bonds. The topological polar surface area (TPSA) is 107 Å². The van der Waals surface area contributed by atoms with Crippen molar-refractivity contribution in [2.24, 2.45) is 0 Å². The van der Waals surface area contributed by atoms with Gasteiger partial charge in [0.05, 0.1) is 17.2 Å². The zero-order chi connectivity index (χ0) is 16.5. The number of benzene rings is 1. The summed E-state index contributed by atoms with van der Waals surface area (Å²) in [4.78, 5) is 20.7. The molecule has 24 heavy (non-hydrogen) atoms. The van der Waals surface area contributed by atoms with E-state index in [-0.39, 0.29) is 17.6 Å². The number of halogens is 1. The number of aromatic nitrogens is 4. The quantitative estimate of drug-likeness (QED) is 0.576. The summed E-state index contributed by atoms with van der Waals surface area (Å²) in [6, 6.07) is 10.6. The summed E-state index contributed by atoms with van der Waals surface area (Å²) < 4.78 is 11.2. The van der Waals surface area contributed by atoms with Gasteiger partial charge in [0.25, 0.3) is 11.8 Å².